The van der Waals surface area contributed by atoms with E-state index in [0.717, 1.165) is 23.3 Å². The SMILES string of the molecule is O=C(OCc1ccccc1)N1C2C=C(c3ccc(OC(F)(F)C(F)(F)F)cc3)CC1COC2. The van der Waals surface area contributed by atoms with E-state index in [1.54, 1.807) is 4.90 Å². The van der Waals surface area contributed by atoms with E-state index in [1.165, 1.54) is 12.1 Å². The number of amides is 1. The second-order valence-electron chi connectivity index (χ2n) is 7.74. The fraction of sp³-hybridized carbons (Fsp3) is 0.348. The molecule has 2 aromatic rings. The molecule has 0 aliphatic carbocycles. The van der Waals surface area contributed by atoms with Crippen LogP contribution in [0, 0.1) is 0 Å². The van der Waals surface area contributed by atoms with Gasteiger partial charge >= 0.3 is 18.4 Å². The van der Waals surface area contributed by atoms with Gasteiger partial charge in [0.25, 0.3) is 0 Å². The summed E-state index contributed by atoms with van der Waals surface area (Å²) in [4.78, 5) is 14.3. The highest BCUT2D eigenvalue weighted by Crippen LogP contribution is 2.38. The first-order chi connectivity index (χ1) is 15.6. The summed E-state index contributed by atoms with van der Waals surface area (Å²) in [6, 6.07) is 13.5. The highest BCUT2D eigenvalue weighted by molar-refractivity contribution is 5.74. The Hall–Kier alpha value is -3.14. The van der Waals surface area contributed by atoms with Crippen molar-refractivity contribution in [3.8, 4) is 5.75 Å². The third kappa shape index (κ3) is 5.11. The van der Waals surface area contributed by atoms with Crippen LogP contribution < -0.4 is 4.74 Å². The third-order valence-corrected chi connectivity index (χ3v) is 5.42. The first-order valence-electron chi connectivity index (χ1n) is 10.2. The molecule has 2 aromatic carbocycles. The van der Waals surface area contributed by atoms with Gasteiger partial charge in [-0.05, 0) is 35.3 Å². The van der Waals surface area contributed by atoms with E-state index in [2.05, 4.69) is 4.74 Å². The van der Waals surface area contributed by atoms with Gasteiger partial charge in [0.1, 0.15) is 12.4 Å². The number of nitrogens with zero attached hydrogens (tertiary/aromatic N) is 1. The quantitative estimate of drug-likeness (QED) is 0.550. The molecule has 0 radical (unpaired) electrons. The molecule has 33 heavy (non-hydrogen) atoms. The number of hydrogen-bond donors (Lipinski definition) is 0. The van der Waals surface area contributed by atoms with Gasteiger partial charge in [0.2, 0.25) is 0 Å². The molecule has 2 aliphatic rings. The Morgan fingerprint density at radius 1 is 1.00 bits per heavy atom. The molecule has 5 nitrogen and oxygen atoms in total. The molecule has 10 heteroatoms. The molecule has 0 spiro atoms. The van der Waals surface area contributed by atoms with Crippen LogP contribution in [0.15, 0.2) is 60.7 Å². The maximum absolute atomic E-state index is 13.1. The minimum absolute atomic E-state index is 0.136. The lowest BCUT2D eigenvalue weighted by atomic mass is 9.90. The number of carbonyl (C=O) groups excluding carboxylic acids is 1. The van der Waals surface area contributed by atoms with Crippen LogP contribution in [-0.4, -0.2) is 48.6 Å². The smallest absolute Gasteiger partial charge is 0.445 e. The van der Waals surface area contributed by atoms with E-state index in [-0.39, 0.29) is 25.3 Å². The normalized spacial score (nSPS) is 20.8. The van der Waals surface area contributed by atoms with Gasteiger partial charge in [-0.1, -0.05) is 48.5 Å². The second-order valence-corrected chi connectivity index (χ2v) is 7.74. The van der Waals surface area contributed by atoms with Crippen LogP contribution in [0.3, 0.4) is 0 Å². The van der Waals surface area contributed by atoms with Crippen LogP contribution in [0.5, 0.6) is 5.75 Å². The number of hydrogen-bond acceptors (Lipinski definition) is 4. The molecule has 176 valence electrons. The largest absolute Gasteiger partial charge is 0.499 e. The third-order valence-electron chi connectivity index (χ3n) is 5.42. The van der Waals surface area contributed by atoms with Crippen LogP contribution in [0.4, 0.5) is 26.7 Å². The maximum Gasteiger partial charge on any atom is 0.499 e. The van der Waals surface area contributed by atoms with Gasteiger partial charge in [0.15, 0.2) is 0 Å². The van der Waals surface area contributed by atoms with Crippen molar-refractivity contribution in [1.82, 2.24) is 4.90 Å². The Kier molecular flexibility index (Phi) is 6.29. The number of fused-ring (bicyclic) bond motifs is 2. The first-order valence-corrected chi connectivity index (χ1v) is 10.2. The molecule has 2 aliphatic heterocycles. The van der Waals surface area contributed by atoms with Crippen molar-refractivity contribution in [2.75, 3.05) is 13.2 Å². The topological polar surface area (TPSA) is 48.0 Å². The average Bonchev–Trinajstić information content (AvgIpc) is 2.77. The minimum Gasteiger partial charge on any atom is -0.445 e. The first kappa shape index (κ1) is 23.0. The predicted octanol–water partition coefficient (Wildman–Crippen LogP) is 5.41. The van der Waals surface area contributed by atoms with E-state index < -0.39 is 24.1 Å². The summed E-state index contributed by atoms with van der Waals surface area (Å²) in [7, 11) is 0. The number of benzene rings is 2. The van der Waals surface area contributed by atoms with Crippen LogP contribution >= 0.6 is 0 Å². The molecule has 1 saturated heterocycles. The van der Waals surface area contributed by atoms with E-state index in [0.29, 0.717) is 18.6 Å². The lowest BCUT2D eigenvalue weighted by Crippen LogP contribution is -2.56. The molecule has 1 fully saturated rings. The average molecular weight is 469 g/mol. The van der Waals surface area contributed by atoms with E-state index >= 15 is 0 Å². The molecule has 2 bridgehead atoms. The lowest BCUT2D eigenvalue weighted by Gasteiger charge is -2.43. The summed E-state index contributed by atoms with van der Waals surface area (Å²) in [6.07, 6.45) is -9.33. The van der Waals surface area contributed by atoms with Crippen LogP contribution in [-0.2, 0) is 16.1 Å². The number of morpholine rings is 1. The number of halogens is 5. The fourth-order valence-corrected chi connectivity index (χ4v) is 3.83. The van der Waals surface area contributed by atoms with Crippen molar-refractivity contribution in [1.29, 1.82) is 0 Å². The van der Waals surface area contributed by atoms with Crippen molar-refractivity contribution < 1.29 is 41.0 Å². The van der Waals surface area contributed by atoms with Crippen LogP contribution in [0.25, 0.3) is 5.57 Å². The van der Waals surface area contributed by atoms with Crippen molar-refractivity contribution in [3.63, 3.8) is 0 Å². The summed E-state index contributed by atoms with van der Waals surface area (Å²) in [5, 5.41) is 0. The number of rotatable bonds is 5. The Morgan fingerprint density at radius 3 is 2.33 bits per heavy atom. The second kappa shape index (κ2) is 9.01. The standard InChI is InChI=1S/C23H20F5NO4/c24-22(25,26)23(27,28)33-20-8-6-16(7-9-20)17-10-18-13-31-14-19(11-17)29(18)21(30)32-12-15-4-2-1-3-5-15/h1-10,18-19H,11-14H2. The van der Waals surface area contributed by atoms with E-state index in [9.17, 15) is 26.7 Å². The Morgan fingerprint density at radius 2 is 1.70 bits per heavy atom. The van der Waals surface area contributed by atoms with E-state index in [4.69, 9.17) is 9.47 Å². The van der Waals surface area contributed by atoms with Gasteiger partial charge < -0.3 is 14.2 Å². The van der Waals surface area contributed by atoms with E-state index in [1.807, 2.05) is 36.4 Å². The molecule has 2 heterocycles. The van der Waals surface area contributed by atoms with Gasteiger partial charge in [-0.2, -0.15) is 22.0 Å². The zero-order valence-electron chi connectivity index (χ0n) is 17.2. The molecule has 1 amide bonds. The van der Waals surface area contributed by atoms with Crippen LogP contribution in [0.2, 0.25) is 0 Å². The lowest BCUT2D eigenvalue weighted by molar-refractivity contribution is -0.360. The summed E-state index contributed by atoms with van der Waals surface area (Å²) in [6.45, 7) is 0.698. The van der Waals surface area contributed by atoms with Crippen molar-refractivity contribution in [3.05, 3.63) is 71.8 Å². The maximum atomic E-state index is 13.1. The van der Waals surface area contributed by atoms with Crippen molar-refractivity contribution >= 4 is 11.7 Å². The molecule has 2 atom stereocenters. The predicted molar refractivity (Wildman–Crippen MR) is 108 cm³/mol. The van der Waals surface area contributed by atoms with Gasteiger partial charge in [0.05, 0.1) is 25.3 Å². The number of alkyl halides is 5. The molecule has 0 N–H and O–H groups in total. The zero-order chi connectivity index (χ0) is 23.6. The monoisotopic (exact) mass is 469 g/mol. The molecule has 0 aromatic heterocycles. The van der Waals surface area contributed by atoms with Crippen molar-refractivity contribution in [2.24, 2.45) is 0 Å². The highest BCUT2D eigenvalue weighted by Gasteiger charge is 2.61. The molecule has 4 rings (SSSR count). The molecule has 0 saturated carbocycles. The fourth-order valence-electron chi connectivity index (χ4n) is 3.83. The number of ether oxygens (including phenoxy) is 3. The zero-order valence-corrected chi connectivity index (χ0v) is 17.2. The van der Waals surface area contributed by atoms with Gasteiger partial charge in [-0.3, -0.25) is 4.90 Å². The van der Waals surface area contributed by atoms with Gasteiger partial charge in [-0.15, -0.1) is 0 Å². The molecular formula is C23H20F5NO4. The minimum atomic E-state index is -5.81. The number of carbonyl (C=O) groups is 1. The van der Waals surface area contributed by atoms with Gasteiger partial charge in [-0.25, -0.2) is 4.79 Å². The molecule has 2 unspecified atom stereocenters. The summed E-state index contributed by atoms with van der Waals surface area (Å²) >= 11 is 0. The van der Waals surface area contributed by atoms with Gasteiger partial charge in [0, 0.05) is 0 Å². The van der Waals surface area contributed by atoms with Crippen LogP contribution in [0.1, 0.15) is 17.5 Å². The summed E-state index contributed by atoms with van der Waals surface area (Å²) in [5.41, 5.74) is 2.32. The molecular weight excluding hydrogens is 449 g/mol. The highest BCUT2D eigenvalue weighted by atomic mass is 19.4. The Labute approximate surface area is 186 Å². The van der Waals surface area contributed by atoms with Crippen molar-refractivity contribution in [2.45, 2.75) is 37.4 Å². The Balaban J connectivity index is 1.45. The summed E-state index contributed by atoms with van der Waals surface area (Å²) in [5.74, 6) is -0.605. The summed E-state index contributed by atoms with van der Waals surface area (Å²) < 4.78 is 78.0. The Bertz CT molecular complexity index is 1010.